The van der Waals surface area contributed by atoms with Gasteiger partial charge in [-0.05, 0) is 37.3 Å². The lowest BCUT2D eigenvalue weighted by molar-refractivity contribution is -0.130. The Morgan fingerprint density at radius 1 is 1.30 bits per heavy atom. The van der Waals surface area contributed by atoms with Crippen molar-refractivity contribution in [3.8, 4) is 0 Å². The highest BCUT2D eigenvalue weighted by atomic mass is 16.5. The Morgan fingerprint density at radius 3 is 2.64 bits per heavy atom. The number of amides is 2. The van der Waals surface area contributed by atoms with Crippen LogP contribution in [0.2, 0.25) is 0 Å². The molecule has 0 radical (unpaired) electrons. The van der Waals surface area contributed by atoms with Gasteiger partial charge in [-0.2, -0.15) is 0 Å². The fourth-order valence-electron chi connectivity index (χ4n) is 4.30. The molecule has 1 fully saturated rings. The van der Waals surface area contributed by atoms with Gasteiger partial charge in [-0.3, -0.25) is 14.8 Å². The van der Waals surface area contributed by atoms with E-state index in [-0.39, 0.29) is 11.5 Å². The van der Waals surface area contributed by atoms with Crippen LogP contribution >= 0.6 is 0 Å². The van der Waals surface area contributed by atoms with Crippen molar-refractivity contribution in [3.63, 3.8) is 0 Å². The molecular weight excluding hydrogens is 418 g/mol. The number of carbonyl (C=O) groups excluding carboxylic acids is 2. The Hall–Kier alpha value is -3.39. The number of fused-ring (bicyclic) bond motifs is 1. The maximum absolute atomic E-state index is 12.4. The molecule has 176 valence electrons. The summed E-state index contributed by atoms with van der Waals surface area (Å²) < 4.78 is 2.11. The number of aromatic nitrogens is 1. The molecular formula is C25H33N5O3. The highest BCUT2D eigenvalue weighted by Gasteiger charge is 2.24. The summed E-state index contributed by atoms with van der Waals surface area (Å²) in [7, 11) is 2.03. The molecule has 0 atom stereocenters. The largest absolute Gasteiger partial charge is 0.357 e. The van der Waals surface area contributed by atoms with Gasteiger partial charge in [0.05, 0.1) is 5.57 Å². The Kier molecular flexibility index (Phi) is 8.06. The highest BCUT2D eigenvalue weighted by molar-refractivity contribution is 6.11. The molecule has 0 spiro atoms. The van der Waals surface area contributed by atoms with E-state index in [2.05, 4.69) is 39.4 Å². The summed E-state index contributed by atoms with van der Waals surface area (Å²) in [4.78, 5) is 32.3. The Balaban J connectivity index is 1.57. The van der Waals surface area contributed by atoms with Gasteiger partial charge in [0, 0.05) is 63.5 Å². The first kappa shape index (κ1) is 24.3. The zero-order chi connectivity index (χ0) is 24.0. The summed E-state index contributed by atoms with van der Waals surface area (Å²) in [6.45, 7) is 10.3. The minimum Gasteiger partial charge on any atom is -0.357 e. The number of rotatable bonds is 8. The van der Waals surface area contributed by atoms with Crippen molar-refractivity contribution in [3.05, 3.63) is 60.1 Å². The van der Waals surface area contributed by atoms with Gasteiger partial charge in [-0.15, -0.1) is 0 Å². The summed E-state index contributed by atoms with van der Waals surface area (Å²) in [5.74, 6) is 0.463. The van der Waals surface area contributed by atoms with Crippen LogP contribution in [0.25, 0.3) is 10.9 Å². The first-order chi connectivity index (χ1) is 15.8. The average Bonchev–Trinajstić information content (AvgIpc) is 3.14. The molecule has 0 unspecified atom stereocenters. The van der Waals surface area contributed by atoms with E-state index in [4.69, 9.17) is 5.21 Å². The average molecular weight is 452 g/mol. The number of carbonyl (C=O) groups is 2. The highest BCUT2D eigenvalue weighted by Crippen LogP contribution is 2.25. The predicted molar refractivity (Wildman–Crippen MR) is 130 cm³/mol. The molecule has 33 heavy (non-hydrogen) atoms. The smallest absolute Gasteiger partial charge is 0.275 e. The van der Waals surface area contributed by atoms with E-state index < -0.39 is 5.91 Å². The van der Waals surface area contributed by atoms with Gasteiger partial charge in [-0.1, -0.05) is 30.9 Å². The molecule has 0 aliphatic carbocycles. The van der Waals surface area contributed by atoms with E-state index in [9.17, 15) is 9.59 Å². The maximum atomic E-state index is 12.4. The summed E-state index contributed by atoms with van der Waals surface area (Å²) in [6, 6.07) is 8.26. The van der Waals surface area contributed by atoms with Crippen LogP contribution in [0.3, 0.4) is 0 Å². The number of nitrogens with zero attached hydrogens (tertiary/aromatic N) is 4. The molecule has 1 aromatic carbocycles. The maximum Gasteiger partial charge on any atom is 0.275 e. The predicted octanol–water partition coefficient (Wildman–Crippen LogP) is 3.23. The normalized spacial score (nSPS) is 15.3. The Morgan fingerprint density at radius 2 is 2.00 bits per heavy atom. The summed E-state index contributed by atoms with van der Waals surface area (Å²) in [5, 5.41) is 9.96. The molecule has 1 aliphatic rings. The second-order valence-electron chi connectivity index (χ2n) is 8.47. The minimum atomic E-state index is -0.608. The molecule has 8 heteroatoms. The molecule has 8 nitrogen and oxygen atoms in total. The molecule has 2 amide bonds. The molecule has 0 saturated carbocycles. The van der Waals surface area contributed by atoms with Gasteiger partial charge in [0.2, 0.25) is 5.91 Å². The number of nitrogens with one attached hydrogen (secondary N) is 1. The summed E-state index contributed by atoms with van der Waals surface area (Å²) in [5.41, 5.74) is 4.20. The summed E-state index contributed by atoms with van der Waals surface area (Å²) in [6.07, 6.45) is 6.95. The number of aryl methyl sites for hydroxylation is 1. The third kappa shape index (κ3) is 5.90. The van der Waals surface area contributed by atoms with Crippen LogP contribution in [0.15, 0.2) is 59.5 Å². The van der Waals surface area contributed by atoms with Crippen LogP contribution in [-0.4, -0.2) is 57.2 Å². The van der Waals surface area contributed by atoms with Gasteiger partial charge in [0.15, 0.2) is 0 Å². The number of piperidine rings is 1. The van der Waals surface area contributed by atoms with E-state index in [0.29, 0.717) is 18.3 Å². The zero-order valence-electron chi connectivity index (χ0n) is 19.6. The fourth-order valence-corrected chi connectivity index (χ4v) is 4.30. The quantitative estimate of drug-likeness (QED) is 0.279. The number of para-hydroxylation sites is 1. The van der Waals surface area contributed by atoms with Gasteiger partial charge < -0.3 is 14.4 Å². The monoisotopic (exact) mass is 451 g/mol. The van der Waals surface area contributed by atoms with Gasteiger partial charge in [0.1, 0.15) is 5.82 Å². The lowest BCUT2D eigenvalue weighted by atomic mass is 9.96. The lowest BCUT2D eigenvalue weighted by Gasteiger charge is -2.35. The van der Waals surface area contributed by atoms with Crippen LogP contribution in [0.5, 0.6) is 0 Å². The van der Waals surface area contributed by atoms with E-state index in [0.717, 1.165) is 38.0 Å². The summed E-state index contributed by atoms with van der Waals surface area (Å²) >= 11 is 0. The third-order valence-corrected chi connectivity index (χ3v) is 6.27. The van der Waals surface area contributed by atoms with Crippen molar-refractivity contribution in [2.24, 2.45) is 18.0 Å². The van der Waals surface area contributed by atoms with Crippen molar-refractivity contribution in [1.82, 2.24) is 19.8 Å². The number of hydroxylamine groups is 1. The number of benzene rings is 1. The SMILES string of the molecule is C=C(/N=C\C(=C/C)C(=O)NO)N1CCC(CN(Cc2cn(C)c3ccccc23)C(C)=O)CC1. The molecule has 0 bridgehead atoms. The molecule has 2 aromatic rings. The molecule has 2 N–H and O–H groups in total. The minimum absolute atomic E-state index is 0.0837. The first-order valence-corrected chi connectivity index (χ1v) is 11.2. The molecule has 1 aromatic heterocycles. The molecule has 3 rings (SSSR count). The van der Waals surface area contributed by atoms with E-state index >= 15 is 0 Å². The number of hydrogen-bond acceptors (Lipinski definition) is 5. The standard InChI is InChI=1S/C25H33N5O3/c1-5-21(25(32)27-33)14-26-18(2)29-12-10-20(11-13-29)15-30(19(3)31)17-22-16-28(4)24-9-7-6-8-23(22)24/h5-9,14,16,20,33H,2,10-13,15,17H2,1,3-4H3,(H,27,32)/b21-5+,26-14-. The second-order valence-corrected chi connectivity index (χ2v) is 8.47. The van der Waals surface area contributed by atoms with Crippen molar-refractivity contribution >= 4 is 28.9 Å². The van der Waals surface area contributed by atoms with Crippen LogP contribution in [0, 0.1) is 5.92 Å². The Labute approximate surface area is 194 Å². The van der Waals surface area contributed by atoms with E-state index in [1.165, 1.54) is 17.1 Å². The lowest BCUT2D eigenvalue weighted by Crippen LogP contribution is -2.39. The van der Waals surface area contributed by atoms with E-state index in [1.54, 1.807) is 25.4 Å². The zero-order valence-corrected chi connectivity index (χ0v) is 19.6. The van der Waals surface area contributed by atoms with Crippen molar-refractivity contribution in [2.75, 3.05) is 19.6 Å². The Bertz CT molecular complexity index is 1080. The number of aliphatic imine (C=N–C) groups is 1. The third-order valence-electron chi connectivity index (χ3n) is 6.27. The fraction of sp³-hybridized carbons (Fsp3) is 0.400. The van der Waals surface area contributed by atoms with Gasteiger partial charge in [0.25, 0.3) is 5.91 Å². The molecule has 1 saturated heterocycles. The van der Waals surface area contributed by atoms with Gasteiger partial charge >= 0.3 is 0 Å². The van der Waals surface area contributed by atoms with Crippen molar-refractivity contribution < 1.29 is 14.8 Å². The van der Waals surface area contributed by atoms with Crippen LogP contribution in [-0.2, 0) is 23.2 Å². The molecule has 2 heterocycles. The molecule has 1 aliphatic heterocycles. The van der Waals surface area contributed by atoms with Crippen LogP contribution < -0.4 is 5.48 Å². The second kappa shape index (κ2) is 11.0. The number of likely N-dealkylation sites (tertiary alicyclic amines) is 1. The van der Waals surface area contributed by atoms with Gasteiger partial charge in [-0.25, -0.2) is 10.5 Å². The van der Waals surface area contributed by atoms with Crippen molar-refractivity contribution in [1.29, 1.82) is 0 Å². The van der Waals surface area contributed by atoms with Crippen LogP contribution in [0.1, 0.15) is 32.3 Å². The van der Waals surface area contributed by atoms with E-state index in [1.807, 2.05) is 24.1 Å². The number of allylic oxidation sites excluding steroid dienone is 1. The topological polar surface area (TPSA) is 90.2 Å². The van der Waals surface area contributed by atoms with Crippen LogP contribution in [0.4, 0.5) is 0 Å². The first-order valence-electron chi connectivity index (χ1n) is 11.2. The number of hydrogen-bond donors (Lipinski definition) is 2. The van der Waals surface area contributed by atoms with Crippen molar-refractivity contribution in [2.45, 2.75) is 33.2 Å².